The fourth-order valence-corrected chi connectivity index (χ4v) is 3.59. The van der Waals surface area contributed by atoms with Gasteiger partial charge in [0.2, 0.25) is 0 Å². The van der Waals surface area contributed by atoms with Crippen LogP contribution in [0.3, 0.4) is 0 Å². The van der Waals surface area contributed by atoms with E-state index in [-0.39, 0.29) is 0 Å². The minimum Gasteiger partial charge on any atom is -0.379 e. The van der Waals surface area contributed by atoms with E-state index < -0.39 is 0 Å². The number of rotatable bonds is 1. The van der Waals surface area contributed by atoms with E-state index >= 15 is 0 Å². The third kappa shape index (κ3) is 3.02. The molecule has 13 heavy (non-hydrogen) atoms. The van der Waals surface area contributed by atoms with Crippen molar-refractivity contribution >= 4 is 21.6 Å². The van der Waals surface area contributed by atoms with Crippen LogP contribution in [0, 0.1) is 0 Å². The summed E-state index contributed by atoms with van der Waals surface area (Å²) < 4.78 is 5.34. The summed E-state index contributed by atoms with van der Waals surface area (Å²) >= 11 is 0. The van der Waals surface area contributed by atoms with Gasteiger partial charge in [0.25, 0.3) is 0 Å². The summed E-state index contributed by atoms with van der Waals surface area (Å²) in [5, 5.41) is 4.95. The first kappa shape index (κ1) is 10.1. The number of ether oxygens (including phenoxy) is 1. The molecule has 3 nitrogen and oxygen atoms in total. The number of hydrogen-bond acceptors (Lipinski definition) is 5. The van der Waals surface area contributed by atoms with Crippen LogP contribution in [0.1, 0.15) is 0 Å². The Morgan fingerprint density at radius 1 is 0.769 bits per heavy atom. The van der Waals surface area contributed by atoms with Crippen LogP contribution in [0.25, 0.3) is 0 Å². The van der Waals surface area contributed by atoms with Gasteiger partial charge in [-0.1, -0.05) is 21.6 Å². The molecule has 2 heterocycles. The Morgan fingerprint density at radius 2 is 1.31 bits per heavy atom. The summed E-state index contributed by atoms with van der Waals surface area (Å²) in [6, 6.07) is 0. The molecule has 0 bridgehead atoms. The maximum atomic E-state index is 5.34. The summed E-state index contributed by atoms with van der Waals surface area (Å²) in [6.07, 6.45) is 0. The van der Waals surface area contributed by atoms with E-state index in [1.807, 2.05) is 21.6 Å². The van der Waals surface area contributed by atoms with Crippen LogP contribution in [-0.2, 0) is 4.74 Å². The summed E-state index contributed by atoms with van der Waals surface area (Å²) in [4.78, 5) is 0. The number of morpholine rings is 1. The smallest absolute Gasteiger partial charge is 0.0608 e. The van der Waals surface area contributed by atoms with Crippen LogP contribution in [0.5, 0.6) is 0 Å². The molecular formula is C8H16N2OS2. The second-order valence-corrected chi connectivity index (χ2v) is 5.87. The zero-order valence-electron chi connectivity index (χ0n) is 7.78. The first-order valence-corrected chi connectivity index (χ1v) is 7.27. The molecule has 2 aliphatic rings. The fraction of sp³-hybridized carbons (Fsp3) is 1.00. The normalized spacial score (nSPS) is 28.6. The second kappa shape index (κ2) is 5.46. The summed E-state index contributed by atoms with van der Waals surface area (Å²) in [5.74, 6) is 2.50. The molecule has 2 fully saturated rings. The van der Waals surface area contributed by atoms with E-state index in [1.165, 1.54) is 24.6 Å². The van der Waals surface area contributed by atoms with Crippen molar-refractivity contribution in [3.63, 3.8) is 0 Å². The molecule has 0 spiro atoms. The van der Waals surface area contributed by atoms with Gasteiger partial charge in [-0.05, 0) is 0 Å². The average Bonchev–Trinajstić information content (AvgIpc) is 2.47. The zero-order valence-corrected chi connectivity index (χ0v) is 9.41. The Labute approximate surface area is 87.5 Å². The van der Waals surface area contributed by atoms with Crippen LogP contribution in [0.15, 0.2) is 0 Å². The third-order valence-electron chi connectivity index (χ3n) is 2.34. The quantitative estimate of drug-likeness (QED) is 0.609. The van der Waals surface area contributed by atoms with Gasteiger partial charge in [-0.2, -0.15) is 0 Å². The van der Waals surface area contributed by atoms with Crippen molar-refractivity contribution in [2.24, 2.45) is 0 Å². The van der Waals surface area contributed by atoms with Gasteiger partial charge in [-0.15, -0.1) is 0 Å². The van der Waals surface area contributed by atoms with Crippen LogP contribution < -0.4 is 0 Å². The van der Waals surface area contributed by atoms with Gasteiger partial charge >= 0.3 is 0 Å². The zero-order chi connectivity index (χ0) is 8.93. The molecule has 2 aliphatic heterocycles. The van der Waals surface area contributed by atoms with E-state index in [0.717, 1.165) is 26.3 Å². The highest BCUT2D eigenvalue weighted by Gasteiger charge is 2.19. The van der Waals surface area contributed by atoms with Gasteiger partial charge in [0.15, 0.2) is 0 Å². The Hall–Kier alpha value is 0.580. The Balaban J connectivity index is 1.82. The molecule has 0 unspecified atom stereocenters. The summed E-state index contributed by atoms with van der Waals surface area (Å²) in [7, 11) is 4.00. The number of hydrazine groups is 1. The molecule has 0 aromatic heterocycles. The van der Waals surface area contributed by atoms with Crippen molar-refractivity contribution in [1.82, 2.24) is 10.0 Å². The predicted molar refractivity (Wildman–Crippen MR) is 58.9 cm³/mol. The van der Waals surface area contributed by atoms with Crippen LogP contribution in [-0.4, -0.2) is 60.9 Å². The van der Waals surface area contributed by atoms with Crippen molar-refractivity contribution in [3.05, 3.63) is 0 Å². The second-order valence-electron chi connectivity index (χ2n) is 3.16. The summed E-state index contributed by atoms with van der Waals surface area (Å²) in [6.45, 7) is 6.37. The van der Waals surface area contributed by atoms with Crippen LogP contribution in [0.2, 0.25) is 0 Å². The predicted octanol–water partition coefficient (Wildman–Crippen LogP) is 0.931. The fourth-order valence-electron chi connectivity index (χ4n) is 1.63. The maximum absolute atomic E-state index is 5.34. The van der Waals surface area contributed by atoms with Gasteiger partial charge < -0.3 is 4.74 Å². The maximum Gasteiger partial charge on any atom is 0.0608 e. The van der Waals surface area contributed by atoms with Crippen molar-refractivity contribution in [2.75, 3.05) is 50.9 Å². The van der Waals surface area contributed by atoms with Gasteiger partial charge in [0.05, 0.1) is 13.2 Å². The SMILES string of the molecule is C1CN(N2CCSSCC2)CCO1. The van der Waals surface area contributed by atoms with E-state index in [9.17, 15) is 0 Å². The minimum atomic E-state index is 0.900. The molecule has 0 aromatic carbocycles. The lowest BCUT2D eigenvalue weighted by atomic mass is 10.5. The van der Waals surface area contributed by atoms with Gasteiger partial charge in [0.1, 0.15) is 0 Å². The molecule has 0 amide bonds. The van der Waals surface area contributed by atoms with E-state index in [4.69, 9.17) is 4.74 Å². The molecule has 76 valence electrons. The highest BCUT2D eigenvalue weighted by Crippen LogP contribution is 2.24. The van der Waals surface area contributed by atoms with Crippen molar-refractivity contribution in [1.29, 1.82) is 0 Å². The molecule has 2 rings (SSSR count). The molecule has 0 N–H and O–H groups in total. The Kier molecular flexibility index (Phi) is 4.24. The number of hydrogen-bond donors (Lipinski definition) is 0. The molecule has 0 atom stereocenters. The molecule has 0 radical (unpaired) electrons. The lowest BCUT2D eigenvalue weighted by Crippen LogP contribution is -2.49. The topological polar surface area (TPSA) is 15.7 Å². The highest BCUT2D eigenvalue weighted by molar-refractivity contribution is 8.76. The first-order valence-electron chi connectivity index (χ1n) is 4.79. The molecule has 2 saturated heterocycles. The Bertz CT molecular complexity index is 145. The average molecular weight is 220 g/mol. The molecule has 0 saturated carbocycles. The monoisotopic (exact) mass is 220 g/mol. The van der Waals surface area contributed by atoms with Gasteiger partial charge in [-0.25, -0.2) is 10.0 Å². The van der Waals surface area contributed by atoms with Crippen LogP contribution >= 0.6 is 21.6 Å². The third-order valence-corrected chi connectivity index (χ3v) is 4.70. The molecule has 0 aromatic rings. The van der Waals surface area contributed by atoms with E-state index in [0.29, 0.717) is 0 Å². The largest absolute Gasteiger partial charge is 0.379 e. The van der Waals surface area contributed by atoms with E-state index in [2.05, 4.69) is 10.0 Å². The van der Waals surface area contributed by atoms with E-state index in [1.54, 1.807) is 0 Å². The minimum absolute atomic E-state index is 0.900. The highest BCUT2D eigenvalue weighted by atomic mass is 33.1. The van der Waals surface area contributed by atoms with Gasteiger partial charge in [-0.3, -0.25) is 0 Å². The Morgan fingerprint density at radius 3 is 1.92 bits per heavy atom. The van der Waals surface area contributed by atoms with Gasteiger partial charge in [0, 0.05) is 37.7 Å². The van der Waals surface area contributed by atoms with Crippen LogP contribution in [0.4, 0.5) is 0 Å². The first-order chi connectivity index (χ1) is 6.47. The standard InChI is InChI=1S/C8H16N2OS2/c1-5-11-6-2-9(1)10-3-7-12-13-8-4-10/h1-8H2. The lowest BCUT2D eigenvalue weighted by molar-refractivity contribution is -0.0833. The van der Waals surface area contributed by atoms with Crippen molar-refractivity contribution in [3.8, 4) is 0 Å². The molecule has 5 heteroatoms. The molecular weight excluding hydrogens is 204 g/mol. The van der Waals surface area contributed by atoms with Crippen molar-refractivity contribution in [2.45, 2.75) is 0 Å². The molecule has 0 aliphatic carbocycles. The number of nitrogens with zero attached hydrogens (tertiary/aromatic N) is 2. The van der Waals surface area contributed by atoms with Crippen molar-refractivity contribution < 1.29 is 4.74 Å². The lowest BCUT2D eigenvalue weighted by Gasteiger charge is -2.36. The summed E-state index contributed by atoms with van der Waals surface area (Å²) in [5.41, 5.74) is 0.